The Bertz CT molecular complexity index is 244. The highest BCUT2D eigenvalue weighted by Gasteiger charge is 2.12. The van der Waals surface area contributed by atoms with Crippen LogP contribution < -0.4 is 11.5 Å². The van der Waals surface area contributed by atoms with Gasteiger partial charge in [-0.25, -0.2) is 0 Å². The molecule has 0 aromatic carbocycles. The summed E-state index contributed by atoms with van der Waals surface area (Å²) < 4.78 is 4.71. The number of aromatic nitrogens is 1. The Morgan fingerprint density at radius 2 is 2.25 bits per heavy atom. The summed E-state index contributed by atoms with van der Waals surface area (Å²) in [5.74, 6) is 0.877. The van der Waals surface area contributed by atoms with Gasteiger partial charge in [0.05, 0.1) is 6.04 Å². The predicted molar refractivity (Wildman–Crippen MR) is 47.3 cm³/mol. The maximum Gasteiger partial charge on any atom is 0.222 e. The van der Waals surface area contributed by atoms with E-state index in [0.29, 0.717) is 11.8 Å². The van der Waals surface area contributed by atoms with Gasteiger partial charge in [0.2, 0.25) is 5.88 Å². The Morgan fingerprint density at radius 1 is 1.58 bits per heavy atom. The van der Waals surface area contributed by atoms with Gasteiger partial charge in [0.25, 0.3) is 0 Å². The second-order valence-electron chi connectivity index (χ2n) is 3.39. The van der Waals surface area contributed by atoms with Crippen LogP contribution in [0.15, 0.2) is 10.6 Å². The van der Waals surface area contributed by atoms with E-state index in [1.165, 1.54) is 0 Å². The predicted octanol–water partition coefficient (Wildman–Crippen LogP) is 1.30. The second kappa shape index (κ2) is 3.58. The van der Waals surface area contributed by atoms with Crippen LogP contribution in [0.3, 0.4) is 0 Å². The van der Waals surface area contributed by atoms with Crippen molar-refractivity contribution in [1.82, 2.24) is 5.16 Å². The lowest BCUT2D eigenvalue weighted by Crippen LogP contribution is -2.13. The fraction of sp³-hybridized carbons (Fsp3) is 0.625. The quantitative estimate of drug-likeness (QED) is 0.715. The highest BCUT2D eigenvalue weighted by Crippen LogP contribution is 2.18. The second-order valence-corrected chi connectivity index (χ2v) is 3.39. The van der Waals surface area contributed by atoms with Crippen LogP contribution in [0.4, 0.5) is 5.88 Å². The SMILES string of the molecule is CC(C)C[C@@H](N)c1cc(N)on1. The van der Waals surface area contributed by atoms with Gasteiger partial charge in [-0.05, 0) is 12.3 Å². The van der Waals surface area contributed by atoms with Crippen molar-refractivity contribution in [3.05, 3.63) is 11.8 Å². The smallest absolute Gasteiger partial charge is 0.222 e. The summed E-state index contributed by atoms with van der Waals surface area (Å²) in [6, 6.07) is 1.61. The number of nitrogen functional groups attached to an aromatic ring is 1. The molecule has 0 saturated carbocycles. The summed E-state index contributed by atoms with van der Waals surface area (Å²) in [6.07, 6.45) is 0.895. The molecule has 1 aromatic heterocycles. The number of hydrogen-bond donors (Lipinski definition) is 2. The van der Waals surface area contributed by atoms with E-state index in [2.05, 4.69) is 19.0 Å². The standard InChI is InChI=1S/C8H15N3O/c1-5(2)3-6(9)7-4-8(10)12-11-7/h4-6H,3,9-10H2,1-2H3/t6-/m1/s1. The number of rotatable bonds is 3. The molecule has 0 amide bonds. The first-order chi connectivity index (χ1) is 5.59. The number of nitrogens with zero attached hydrogens (tertiary/aromatic N) is 1. The van der Waals surface area contributed by atoms with Gasteiger partial charge in [0.15, 0.2) is 0 Å². The van der Waals surface area contributed by atoms with E-state index >= 15 is 0 Å². The number of nitrogens with two attached hydrogens (primary N) is 2. The lowest BCUT2D eigenvalue weighted by molar-refractivity contribution is 0.408. The van der Waals surface area contributed by atoms with Crippen molar-refractivity contribution in [3.8, 4) is 0 Å². The third kappa shape index (κ3) is 2.23. The topological polar surface area (TPSA) is 78.1 Å². The molecule has 0 aliphatic carbocycles. The highest BCUT2D eigenvalue weighted by molar-refractivity contribution is 5.25. The molecule has 1 rings (SSSR count). The zero-order chi connectivity index (χ0) is 9.14. The van der Waals surface area contributed by atoms with Crippen molar-refractivity contribution in [3.63, 3.8) is 0 Å². The molecule has 0 spiro atoms. The largest absolute Gasteiger partial charge is 0.368 e. The Balaban J connectivity index is 2.58. The lowest BCUT2D eigenvalue weighted by atomic mass is 10.0. The summed E-state index contributed by atoms with van der Waals surface area (Å²) >= 11 is 0. The molecule has 4 N–H and O–H groups in total. The molecule has 4 nitrogen and oxygen atoms in total. The molecule has 0 bridgehead atoms. The van der Waals surface area contributed by atoms with Crippen LogP contribution in [0, 0.1) is 5.92 Å². The Kier molecular flexibility index (Phi) is 2.70. The molecule has 68 valence electrons. The molecule has 0 unspecified atom stereocenters. The van der Waals surface area contributed by atoms with Crippen LogP contribution >= 0.6 is 0 Å². The monoisotopic (exact) mass is 169 g/mol. The van der Waals surface area contributed by atoms with Crippen LogP contribution in [-0.2, 0) is 0 Å². The van der Waals surface area contributed by atoms with E-state index in [-0.39, 0.29) is 6.04 Å². The van der Waals surface area contributed by atoms with Gasteiger partial charge < -0.3 is 16.0 Å². The van der Waals surface area contributed by atoms with Crippen LogP contribution in [0.1, 0.15) is 32.0 Å². The van der Waals surface area contributed by atoms with Gasteiger partial charge in [0, 0.05) is 6.07 Å². The lowest BCUT2D eigenvalue weighted by Gasteiger charge is -2.09. The third-order valence-electron chi connectivity index (χ3n) is 1.65. The van der Waals surface area contributed by atoms with Crippen LogP contribution in [0.5, 0.6) is 0 Å². The van der Waals surface area contributed by atoms with E-state index < -0.39 is 0 Å². The summed E-state index contributed by atoms with van der Waals surface area (Å²) in [7, 11) is 0. The maximum atomic E-state index is 5.83. The van der Waals surface area contributed by atoms with Crippen LogP contribution in [0.25, 0.3) is 0 Å². The van der Waals surface area contributed by atoms with Crippen LogP contribution in [-0.4, -0.2) is 5.16 Å². The van der Waals surface area contributed by atoms with Crippen molar-refractivity contribution < 1.29 is 4.52 Å². The highest BCUT2D eigenvalue weighted by atomic mass is 16.5. The van der Waals surface area contributed by atoms with Gasteiger partial charge in [-0.15, -0.1) is 0 Å². The minimum absolute atomic E-state index is 0.0638. The van der Waals surface area contributed by atoms with Crippen LogP contribution in [0.2, 0.25) is 0 Å². The molecular weight excluding hydrogens is 154 g/mol. The Hall–Kier alpha value is -1.03. The first-order valence-electron chi connectivity index (χ1n) is 4.07. The van der Waals surface area contributed by atoms with E-state index in [1.54, 1.807) is 6.07 Å². The van der Waals surface area contributed by atoms with E-state index in [9.17, 15) is 0 Å². The third-order valence-corrected chi connectivity index (χ3v) is 1.65. The zero-order valence-corrected chi connectivity index (χ0v) is 7.45. The molecule has 12 heavy (non-hydrogen) atoms. The fourth-order valence-electron chi connectivity index (χ4n) is 1.11. The first kappa shape index (κ1) is 9.06. The van der Waals surface area contributed by atoms with E-state index in [1.807, 2.05) is 0 Å². The van der Waals surface area contributed by atoms with Crippen molar-refractivity contribution in [1.29, 1.82) is 0 Å². The summed E-state index contributed by atoms with van der Waals surface area (Å²) in [5.41, 5.74) is 11.9. The molecule has 0 aliphatic rings. The number of hydrogen-bond acceptors (Lipinski definition) is 4. The molecule has 4 heteroatoms. The normalized spacial score (nSPS) is 13.7. The van der Waals surface area contributed by atoms with Crippen molar-refractivity contribution in [2.75, 3.05) is 5.73 Å². The molecule has 0 aliphatic heterocycles. The summed E-state index contributed by atoms with van der Waals surface area (Å²) in [5, 5.41) is 3.74. The number of anilines is 1. The molecule has 1 aromatic rings. The molecule has 1 heterocycles. The molecule has 1 atom stereocenters. The van der Waals surface area contributed by atoms with Gasteiger partial charge in [0.1, 0.15) is 5.69 Å². The van der Waals surface area contributed by atoms with Crippen molar-refractivity contribution in [2.45, 2.75) is 26.3 Å². The zero-order valence-electron chi connectivity index (χ0n) is 7.45. The van der Waals surface area contributed by atoms with Gasteiger partial charge in [-0.3, -0.25) is 0 Å². The molecular formula is C8H15N3O. The first-order valence-corrected chi connectivity index (χ1v) is 4.07. The molecule has 0 fully saturated rings. The fourth-order valence-corrected chi connectivity index (χ4v) is 1.11. The average molecular weight is 169 g/mol. The Morgan fingerprint density at radius 3 is 2.67 bits per heavy atom. The van der Waals surface area contributed by atoms with E-state index in [4.69, 9.17) is 16.0 Å². The minimum Gasteiger partial charge on any atom is -0.368 e. The average Bonchev–Trinajstić information content (AvgIpc) is 2.34. The summed E-state index contributed by atoms with van der Waals surface area (Å²) in [4.78, 5) is 0. The molecule has 0 radical (unpaired) electrons. The van der Waals surface area contributed by atoms with E-state index in [0.717, 1.165) is 12.1 Å². The van der Waals surface area contributed by atoms with Gasteiger partial charge in [-0.2, -0.15) is 0 Å². The molecule has 0 saturated heterocycles. The van der Waals surface area contributed by atoms with Gasteiger partial charge in [-0.1, -0.05) is 19.0 Å². The van der Waals surface area contributed by atoms with Crippen molar-refractivity contribution in [2.24, 2.45) is 11.7 Å². The minimum atomic E-state index is -0.0638. The Labute approximate surface area is 71.9 Å². The maximum absolute atomic E-state index is 5.83. The van der Waals surface area contributed by atoms with Crippen molar-refractivity contribution >= 4 is 5.88 Å². The van der Waals surface area contributed by atoms with Gasteiger partial charge >= 0.3 is 0 Å². The summed E-state index contributed by atoms with van der Waals surface area (Å²) in [6.45, 7) is 4.23.